The maximum absolute atomic E-state index is 11.9. The SMILES string of the molecule is CSc1cccc(NC(=O)NC2CCN(C)CC2)c1. The lowest BCUT2D eigenvalue weighted by molar-refractivity contribution is 0.221. The lowest BCUT2D eigenvalue weighted by Crippen LogP contribution is -2.44. The summed E-state index contributed by atoms with van der Waals surface area (Å²) in [5, 5.41) is 5.94. The van der Waals surface area contributed by atoms with Crippen LogP contribution in [0.2, 0.25) is 0 Å². The molecule has 2 N–H and O–H groups in total. The fourth-order valence-electron chi connectivity index (χ4n) is 2.21. The number of benzene rings is 1. The highest BCUT2D eigenvalue weighted by atomic mass is 32.2. The summed E-state index contributed by atoms with van der Waals surface area (Å²) in [6.45, 7) is 2.10. The smallest absolute Gasteiger partial charge is 0.319 e. The van der Waals surface area contributed by atoms with E-state index in [-0.39, 0.29) is 6.03 Å². The van der Waals surface area contributed by atoms with E-state index >= 15 is 0 Å². The highest BCUT2D eigenvalue weighted by molar-refractivity contribution is 7.98. The molecule has 104 valence electrons. The molecule has 1 aliphatic heterocycles. The second-order valence-corrected chi connectivity index (χ2v) is 5.79. The van der Waals surface area contributed by atoms with Gasteiger partial charge in [0.1, 0.15) is 0 Å². The predicted octanol–water partition coefficient (Wildman–Crippen LogP) is 2.62. The van der Waals surface area contributed by atoms with Gasteiger partial charge in [-0.2, -0.15) is 0 Å². The number of anilines is 1. The largest absolute Gasteiger partial charge is 0.335 e. The molecule has 1 fully saturated rings. The first-order valence-corrected chi connectivity index (χ1v) is 7.80. The molecule has 4 nitrogen and oxygen atoms in total. The van der Waals surface area contributed by atoms with Gasteiger partial charge in [0.25, 0.3) is 0 Å². The zero-order chi connectivity index (χ0) is 13.7. The lowest BCUT2D eigenvalue weighted by atomic mass is 10.1. The first kappa shape index (κ1) is 14.2. The molecule has 5 heteroatoms. The average Bonchev–Trinajstić information content (AvgIpc) is 2.41. The number of urea groups is 1. The number of piperidine rings is 1. The Morgan fingerprint density at radius 2 is 2.11 bits per heavy atom. The molecular formula is C14H21N3OS. The summed E-state index contributed by atoms with van der Waals surface area (Å²) in [5.41, 5.74) is 0.845. The van der Waals surface area contributed by atoms with Crippen LogP contribution < -0.4 is 10.6 Å². The van der Waals surface area contributed by atoms with Gasteiger partial charge in [0.15, 0.2) is 0 Å². The van der Waals surface area contributed by atoms with Gasteiger partial charge in [0.2, 0.25) is 0 Å². The van der Waals surface area contributed by atoms with E-state index in [4.69, 9.17) is 0 Å². The van der Waals surface area contributed by atoms with Crippen molar-refractivity contribution in [2.45, 2.75) is 23.8 Å². The Morgan fingerprint density at radius 1 is 1.37 bits per heavy atom. The topological polar surface area (TPSA) is 44.4 Å². The van der Waals surface area contributed by atoms with Crippen LogP contribution in [0.4, 0.5) is 10.5 Å². The minimum atomic E-state index is -0.104. The van der Waals surface area contributed by atoms with Crippen molar-refractivity contribution in [1.29, 1.82) is 0 Å². The van der Waals surface area contributed by atoms with Crippen molar-refractivity contribution >= 4 is 23.5 Å². The maximum atomic E-state index is 11.9. The third-order valence-electron chi connectivity index (χ3n) is 3.38. The summed E-state index contributed by atoms with van der Waals surface area (Å²) in [4.78, 5) is 15.4. The minimum Gasteiger partial charge on any atom is -0.335 e. The molecule has 0 saturated carbocycles. The van der Waals surface area contributed by atoms with E-state index in [0.717, 1.165) is 36.5 Å². The van der Waals surface area contributed by atoms with Crippen LogP contribution in [0.5, 0.6) is 0 Å². The van der Waals surface area contributed by atoms with Crippen molar-refractivity contribution in [1.82, 2.24) is 10.2 Å². The Labute approximate surface area is 118 Å². The van der Waals surface area contributed by atoms with Crippen LogP contribution in [-0.2, 0) is 0 Å². The van der Waals surface area contributed by atoms with Gasteiger partial charge in [-0.3, -0.25) is 0 Å². The molecule has 1 aromatic rings. The number of rotatable bonds is 3. The monoisotopic (exact) mass is 279 g/mol. The zero-order valence-corrected chi connectivity index (χ0v) is 12.3. The highest BCUT2D eigenvalue weighted by Crippen LogP contribution is 2.19. The van der Waals surface area contributed by atoms with E-state index < -0.39 is 0 Å². The Bertz CT molecular complexity index is 430. The number of hydrogen-bond acceptors (Lipinski definition) is 3. The average molecular weight is 279 g/mol. The number of amides is 2. The Hall–Kier alpha value is -1.20. The molecule has 0 spiro atoms. The van der Waals surface area contributed by atoms with E-state index in [1.54, 1.807) is 11.8 Å². The number of nitrogens with zero attached hydrogens (tertiary/aromatic N) is 1. The molecule has 0 atom stereocenters. The maximum Gasteiger partial charge on any atom is 0.319 e. The van der Waals surface area contributed by atoms with Gasteiger partial charge in [-0.15, -0.1) is 11.8 Å². The second kappa shape index (κ2) is 6.82. The van der Waals surface area contributed by atoms with Crippen LogP contribution in [0.3, 0.4) is 0 Å². The molecule has 0 aromatic heterocycles. The molecule has 1 aromatic carbocycles. The second-order valence-electron chi connectivity index (χ2n) is 4.91. The molecule has 0 aliphatic carbocycles. The molecule has 19 heavy (non-hydrogen) atoms. The summed E-state index contributed by atoms with van der Waals surface area (Å²) >= 11 is 1.67. The summed E-state index contributed by atoms with van der Waals surface area (Å²) in [6, 6.07) is 8.07. The van der Waals surface area contributed by atoms with Crippen LogP contribution in [0.15, 0.2) is 29.2 Å². The molecule has 0 unspecified atom stereocenters. The third-order valence-corrected chi connectivity index (χ3v) is 4.11. The van der Waals surface area contributed by atoms with E-state index in [9.17, 15) is 4.79 Å². The molecule has 1 aliphatic rings. The van der Waals surface area contributed by atoms with Crippen molar-refractivity contribution < 1.29 is 4.79 Å². The number of carbonyl (C=O) groups excluding carboxylic acids is 1. The summed E-state index contributed by atoms with van der Waals surface area (Å²) in [7, 11) is 2.12. The third kappa shape index (κ3) is 4.44. The van der Waals surface area contributed by atoms with Gasteiger partial charge in [-0.25, -0.2) is 4.79 Å². The Kier molecular flexibility index (Phi) is 5.10. The standard InChI is InChI=1S/C14H21N3OS/c1-17-8-6-11(7-9-17)15-14(18)16-12-4-3-5-13(10-12)19-2/h3-5,10-11H,6-9H2,1-2H3,(H2,15,16,18). The van der Waals surface area contributed by atoms with Crippen LogP contribution in [0.1, 0.15) is 12.8 Å². The quantitative estimate of drug-likeness (QED) is 0.836. The van der Waals surface area contributed by atoms with Crippen molar-refractivity contribution in [2.24, 2.45) is 0 Å². The van der Waals surface area contributed by atoms with Crippen LogP contribution in [0, 0.1) is 0 Å². The summed E-state index contributed by atoms with van der Waals surface area (Å²) in [6.07, 6.45) is 4.07. The highest BCUT2D eigenvalue weighted by Gasteiger charge is 2.18. The Balaban J connectivity index is 1.83. The van der Waals surface area contributed by atoms with Gasteiger partial charge >= 0.3 is 6.03 Å². The van der Waals surface area contributed by atoms with Gasteiger partial charge in [-0.1, -0.05) is 6.07 Å². The molecule has 1 heterocycles. The van der Waals surface area contributed by atoms with Gasteiger partial charge in [0.05, 0.1) is 0 Å². The first-order valence-electron chi connectivity index (χ1n) is 6.57. The normalized spacial score (nSPS) is 17.2. The zero-order valence-electron chi connectivity index (χ0n) is 11.5. The minimum absolute atomic E-state index is 0.104. The van der Waals surface area contributed by atoms with Gasteiger partial charge in [-0.05, 0) is 57.4 Å². The van der Waals surface area contributed by atoms with Crippen molar-refractivity contribution in [3.8, 4) is 0 Å². The summed E-state index contributed by atoms with van der Waals surface area (Å²) in [5.74, 6) is 0. The van der Waals surface area contributed by atoms with Crippen LogP contribution in [-0.4, -0.2) is 43.4 Å². The number of hydrogen-bond donors (Lipinski definition) is 2. The number of thioether (sulfide) groups is 1. The van der Waals surface area contributed by atoms with E-state index in [1.807, 2.05) is 30.5 Å². The summed E-state index contributed by atoms with van der Waals surface area (Å²) < 4.78 is 0. The Morgan fingerprint density at radius 3 is 2.79 bits per heavy atom. The fraction of sp³-hybridized carbons (Fsp3) is 0.500. The lowest BCUT2D eigenvalue weighted by Gasteiger charge is -2.29. The number of carbonyl (C=O) groups is 1. The van der Waals surface area contributed by atoms with Gasteiger partial charge < -0.3 is 15.5 Å². The van der Waals surface area contributed by atoms with Crippen molar-refractivity contribution in [2.75, 3.05) is 31.7 Å². The molecule has 0 radical (unpaired) electrons. The van der Waals surface area contributed by atoms with Crippen LogP contribution >= 0.6 is 11.8 Å². The molecular weight excluding hydrogens is 258 g/mol. The molecule has 2 amide bonds. The fourth-order valence-corrected chi connectivity index (χ4v) is 2.67. The van der Waals surface area contributed by atoms with Crippen molar-refractivity contribution in [3.05, 3.63) is 24.3 Å². The molecule has 1 saturated heterocycles. The van der Waals surface area contributed by atoms with Crippen molar-refractivity contribution in [3.63, 3.8) is 0 Å². The molecule has 0 bridgehead atoms. The number of nitrogens with one attached hydrogen (secondary N) is 2. The van der Waals surface area contributed by atoms with E-state index in [0.29, 0.717) is 6.04 Å². The van der Waals surface area contributed by atoms with Gasteiger partial charge in [0, 0.05) is 16.6 Å². The number of likely N-dealkylation sites (tertiary alicyclic amines) is 1. The van der Waals surface area contributed by atoms with Crippen LogP contribution in [0.25, 0.3) is 0 Å². The van der Waals surface area contributed by atoms with E-state index in [1.165, 1.54) is 0 Å². The molecule has 2 rings (SSSR count). The van der Waals surface area contributed by atoms with E-state index in [2.05, 4.69) is 22.6 Å². The predicted molar refractivity (Wildman–Crippen MR) is 80.9 cm³/mol. The first-order chi connectivity index (χ1) is 9.17.